The molecule has 0 aliphatic carbocycles. The molecule has 2 atom stereocenters. The van der Waals surface area contributed by atoms with E-state index in [4.69, 9.17) is 0 Å². The van der Waals surface area contributed by atoms with Crippen molar-refractivity contribution in [3.05, 3.63) is 22.4 Å². The predicted octanol–water partition coefficient (Wildman–Crippen LogP) is 1.78. The molecule has 1 fully saturated rings. The highest BCUT2D eigenvalue weighted by atomic mass is 32.2. The lowest BCUT2D eigenvalue weighted by atomic mass is 10.0. The Morgan fingerprint density at radius 1 is 1.33 bits per heavy atom. The van der Waals surface area contributed by atoms with Gasteiger partial charge in [-0.2, -0.15) is 4.31 Å². The molecule has 0 saturated carbocycles. The summed E-state index contributed by atoms with van der Waals surface area (Å²) in [6, 6.07) is 1.92. The van der Waals surface area contributed by atoms with Crippen LogP contribution in [0.1, 0.15) is 56.1 Å². The van der Waals surface area contributed by atoms with Gasteiger partial charge in [0, 0.05) is 6.54 Å². The SMILES string of the molecule is CCCS(=O)(=O)N1CCCC(NC(=O)[C@H](CC(C)C)NC(=O)c2cccs2)C(=O)C1. The van der Waals surface area contributed by atoms with Crippen molar-refractivity contribution in [2.24, 2.45) is 5.92 Å². The number of hydrogen-bond acceptors (Lipinski definition) is 6. The number of hydrogen-bond donors (Lipinski definition) is 2. The summed E-state index contributed by atoms with van der Waals surface area (Å²) < 4.78 is 25.8. The van der Waals surface area contributed by atoms with E-state index < -0.39 is 28.0 Å². The van der Waals surface area contributed by atoms with Crippen molar-refractivity contribution in [2.45, 2.75) is 58.5 Å². The fourth-order valence-corrected chi connectivity index (χ4v) is 5.52. The van der Waals surface area contributed by atoms with Crippen molar-refractivity contribution >= 4 is 39.0 Å². The Hall–Kier alpha value is -1.78. The van der Waals surface area contributed by atoms with Gasteiger partial charge in [0.25, 0.3) is 5.91 Å². The second kappa shape index (κ2) is 11.0. The molecule has 2 heterocycles. The van der Waals surface area contributed by atoms with Gasteiger partial charge in [0.1, 0.15) is 6.04 Å². The molecule has 1 aromatic heterocycles. The van der Waals surface area contributed by atoms with Crippen molar-refractivity contribution in [3.63, 3.8) is 0 Å². The van der Waals surface area contributed by atoms with Crippen LogP contribution in [0.25, 0.3) is 0 Å². The second-order valence-corrected chi connectivity index (χ2v) is 11.0. The van der Waals surface area contributed by atoms with Crippen molar-refractivity contribution in [2.75, 3.05) is 18.8 Å². The molecular formula is C20H31N3O5S2. The summed E-state index contributed by atoms with van der Waals surface area (Å²) in [7, 11) is -3.47. The number of Topliss-reactive ketones (excluding diaryl/α,β-unsaturated/α-hetero) is 1. The average molecular weight is 458 g/mol. The number of thiophene rings is 1. The number of sulfonamides is 1. The van der Waals surface area contributed by atoms with Crippen LogP contribution in [0.15, 0.2) is 17.5 Å². The molecule has 8 nitrogen and oxygen atoms in total. The number of nitrogens with zero attached hydrogens (tertiary/aromatic N) is 1. The van der Waals surface area contributed by atoms with Crippen LogP contribution in [0.5, 0.6) is 0 Å². The fourth-order valence-electron chi connectivity index (χ4n) is 3.39. The Morgan fingerprint density at radius 3 is 2.67 bits per heavy atom. The maximum atomic E-state index is 12.9. The Morgan fingerprint density at radius 2 is 2.07 bits per heavy atom. The largest absolute Gasteiger partial charge is 0.344 e. The molecular weight excluding hydrogens is 426 g/mol. The number of carbonyl (C=O) groups is 3. The molecule has 1 unspecified atom stereocenters. The summed E-state index contributed by atoms with van der Waals surface area (Å²) in [4.78, 5) is 38.5. The first-order valence-corrected chi connectivity index (χ1v) is 12.8. The van der Waals surface area contributed by atoms with E-state index in [2.05, 4.69) is 10.6 Å². The van der Waals surface area contributed by atoms with Crippen LogP contribution in [-0.4, -0.2) is 61.2 Å². The molecule has 10 heteroatoms. The Labute approximate surface area is 182 Å². The van der Waals surface area contributed by atoms with Crippen LogP contribution in [0.3, 0.4) is 0 Å². The molecule has 1 aliphatic heterocycles. The monoisotopic (exact) mass is 457 g/mol. The van der Waals surface area contributed by atoms with Crippen LogP contribution in [0, 0.1) is 5.92 Å². The molecule has 0 aromatic carbocycles. The maximum Gasteiger partial charge on any atom is 0.261 e. The van der Waals surface area contributed by atoms with Gasteiger partial charge in [0.05, 0.1) is 23.2 Å². The first-order valence-electron chi connectivity index (χ1n) is 10.3. The van der Waals surface area contributed by atoms with E-state index >= 15 is 0 Å². The molecule has 1 aromatic rings. The van der Waals surface area contributed by atoms with Crippen molar-refractivity contribution < 1.29 is 22.8 Å². The molecule has 2 N–H and O–H groups in total. The summed E-state index contributed by atoms with van der Waals surface area (Å²) in [5.74, 6) is -0.911. The van der Waals surface area contributed by atoms with Gasteiger partial charge in [-0.3, -0.25) is 14.4 Å². The number of carbonyl (C=O) groups excluding carboxylic acids is 3. The van der Waals surface area contributed by atoms with Gasteiger partial charge in [-0.15, -0.1) is 11.3 Å². The Balaban J connectivity index is 2.05. The van der Waals surface area contributed by atoms with Crippen molar-refractivity contribution in [1.82, 2.24) is 14.9 Å². The first kappa shape index (κ1) is 24.5. The zero-order valence-electron chi connectivity index (χ0n) is 17.7. The normalized spacial score (nSPS) is 19.3. The summed E-state index contributed by atoms with van der Waals surface area (Å²) >= 11 is 1.29. The van der Waals surface area contributed by atoms with Crippen LogP contribution in [-0.2, 0) is 19.6 Å². The number of rotatable bonds is 9. The molecule has 2 rings (SSSR count). The highest BCUT2D eigenvalue weighted by Crippen LogP contribution is 2.15. The Bertz CT molecular complexity index is 837. The number of ketones is 1. The minimum Gasteiger partial charge on any atom is -0.344 e. The highest BCUT2D eigenvalue weighted by molar-refractivity contribution is 7.89. The van der Waals surface area contributed by atoms with E-state index in [1.54, 1.807) is 24.4 Å². The van der Waals surface area contributed by atoms with Gasteiger partial charge >= 0.3 is 0 Å². The van der Waals surface area contributed by atoms with Crippen LogP contribution >= 0.6 is 11.3 Å². The fraction of sp³-hybridized carbons (Fsp3) is 0.650. The van der Waals surface area contributed by atoms with Crippen LogP contribution in [0.4, 0.5) is 0 Å². The van der Waals surface area contributed by atoms with Gasteiger partial charge in [-0.05, 0) is 43.0 Å². The zero-order valence-corrected chi connectivity index (χ0v) is 19.4. The maximum absolute atomic E-state index is 12.9. The van der Waals surface area contributed by atoms with Crippen LogP contribution in [0.2, 0.25) is 0 Å². The van der Waals surface area contributed by atoms with Crippen LogP contribution < -0.4 is 10.6 Å². The van der Waals surface area contributed by atoms with E-state index in [1.165, 1.54) is 15.6 Å². The van der Waals surface area contributed by atoms with Crippen molar-refractivity contribution in [1.29, 1.82) is 0 Å². The molecule has 0 radical (unpaired) electrons. The molecule has 1 aliphatic rings. The molecule has 2 amide bonds. The van der Waals surface area contributed by atoms with Gasteiger partial charge in [-0.25, -0.2) is 8.42 Å². The summed E-state index contributed by atoms with van der Waals surface area (Å²) in [6.07, 6.45) is 1.76. The third kappa shape index (κ3) is 6.88. The third-order valence-electron chi connectivity index (χ3n) is 4.87. The second-order valence-electron chi connectivity index (χ2n) is 7.95. The molecule has 30 heavy (non-hydrogen) atoms. The summed E-state index contributed by atoms with van der Waals surface area (Å²) in [5, 5.41) is 7.30. The topological polar surface area (TPSA) is 113 Å². The zero-order chi connectivity index (χ0) is 22.3. The van der Waals surface area contributed by atoms with Gasteiger partial charge in [-0.1, -0.05) is 26.8 Å². The first-order chi connectivity index (χ1) is 14.1. The van der Waals surface area contributed by atoms with Gasteiger partial charge in [0.15, 0.2) is 5.78 Å². The minimum absolute atomic E-state index is 0.00250. The van der Waals surface area contributed by atoms with Crippen molar-refractivity contribution in [3.8, 4) is 0 Å². The summed E-state index contributed by atoms with van der Waals surface area (Å²) in [6.45, 7) is 5.71. The highest BCUT2D eigenvalue weighted by Gasteiger charge is 2.33. The standard InChI is InChI=1S/C20H31N3O5S2/c1-4-11-30(27,28)23-9-5-7-15(17(24)13-23)21-19(25)16(12-14(2)3)22-20(26)18-8-6-10-29-18/h6,8,10,14-16H,4-5,7,9,11-13H2,1-3H3,(H,21,25)(H,22,26)/t15?,16-/m0/s1. The van der Waals surface area contributed by atoms with E-state index in [9.17, 15) is 22.8 Å². The minimum atomic E-state index is -3.47. The Kier molecular flexibility index (Phi) is 8.99. The van der Waals surface area contributed by atoms with Gasteiger partial charge < -0.3 is 10.6 Å². The number of amides is 2. The third-order valence-corrected chi connectivity index (χ3v) is 7.76. The number of nitrogens with one attached hydrogen (secondary N) is 2. The van der Waals surface area contributed by atoms with Gasteiger partial charge in [0.2, 0.25) is 15.9 Å². The van der Waals surface area contributed by atoms with E-state index in [1.807, 2.05) is 13.8 Å². The predicted molar refractivity (Wildman–Crippen MR) is 117 cm³/mol. The molecule has 168 valence electrons. The van der Waals surface area contributed by atoms with E-state index in [0.29, 0.717) is 30.6 Å². The lowest BCUT2D eigenvalue weighted by Gasteiger charge is -2.23. The summed E-state index contributed by atoms with van der Waals surface area (Å²) in [5.41, 5.74) is 0. The quantitative estimate of drug-likeness (QED) is 0.587. The average Bonchev–Trinajstić information content (AvgIpc) is 3.13. The molecule has 0 spiro atoms. The molecule has 0 bridgehead atoms. The smallest absolute Gasteiger partial charge is 0.261 e. The van der Waals surface area contributed by atoms with E-state index in [-0.39, 0.29) is 36.5 Å². The lowest BCUT2D eigenvalue weighted by molar-refractivity contribution is -0.129. The lowest BCUT2D eigenvalue weighted by Crippen LogP contribution is -2.52. The molecule has 1 saturated heterocycles. The van der Waals surface area contributed by atoms with E-state index in [0.717, 1.165) is 0 Å².